The van der Waals surface area contributed by atoms with Crippen LogP contribution >= 0.6 is 0 Å². The SMILES string of the molecule is CCC(CC)NC(=O)CCNS(=O)(=O)c1ccc(C)cc1C. The van der Waals surface area contributed by atoms with Gasteiger partial charge in [-0.3, -0.25) is 4.79 Å². The molecule has 0 fully saturated rings. The summed E-state index contributed by atoms with van der Waals surface area (Å²) in [6.07, 6.45) is 1.88. The first-order valence-electron chi connectivity index (χ1n) is 7.66. The van der Waals surface area contributed by atoms with E-state index in [-0.39, 0.29) is 29.8 Å². The Balaban J connectivity index is 2.58. The first kappa shape index (κ1) is 18.6. The highest BCUT2D eigenvalue weighted by Crippen LogP contribution is 2.16. The molecule has 0 bridgehead atoms. The Morgan fingerprint density at radius 3 is 2.36 bits per heavy atom. The van der Waals surface area contributed by atoms with Gasteiger partial charge < -0.3 is 5.32 Å². The van der Waals surface area contributed by atoms with Gasteiger partial charge in [-0.1, -0.05) is 31.5 Å². The van der Waals surface area contributed by atoms with Crippen LogP contribution in [0.3, 0.4) is 0 Å². The largest absolute Gasteiger partial charge is 0.353 e. The van der Waals surface area contributed by atoms with Gasteiger partial charge in [0.1, 0.15) is 0 Å². The summed E-state index contributed by atoms with van der Waals surface area (Å²) < 4.78 is 27.0. The van der Waals surface area contributed by atoms with Gasteiger partial charge >= 0.3 is 0 Å². The molecule has 2 N–H and O–H groups in total. The van der Waals surface area contributed by atoms with Crippen LogP contribution in [-0.4, -0.2) is 26.9 Å². The fourth-order valence-corrected chi connectivity index (χ4v) is 3.53. The molecule has 1 aromatic rings. The minimum Gasteiger partial charge on any atom is -0.353 e. The van der Waals surface area contributed by atoms with Crippen LogP contribution in [0.4, 0.5) is 0 Å². The maximum Gasteiger partial charge on any atom is 0.240 e. The third-order valence-electron chi connectivity index (χ3n) is 3.61. The lowest BCUT2D eigenvalue weighted by Crippen LogP contribution is -2.36. The Morgan fingerprint density at radius 1 is 1.18 bits per heavy atom. The van der Waals surface area contributed by atoms with Gasteiger partial charge in [0.15, 0.2) is 0 Å². The van der Waals surface area contributed by atoms with E-state index in [0.29, 0.717) is 5.56 Å². The highest BCUT2D eigenvalue weighted by Gasteiger charge is 2.17. The number of nitrogens with one attached hydrogen (secondary N) is 2. The molecule has 0 radical (unpaired) electrons. The summed E-state index contributed by atoms with van der Waals surface area (Å²) in [5, 5.41) is 2.89. The molecule has 0 aliphatic carbocycles. The average Bonchev–Trinajstić information content (AvgIpc) is 2.44. The molecule has 1 amide bonds. The molecule has 0 aromatic heterocycles. The molecule has 0 atom stereocenters. The highest BCUT2D eigenvalue weighted by molar-refractivity contribution is 7.89. The van der Waals surface area contributed by atoms with Crippen LogP contribution in [0.15, 0.2) is 23.1 Å². The van der Waals surface area contributed by atoms with Gasteiger partial charge in [-0.05, 0) is 38.3 Å². The predicted molar refractivity (Wildman–Crippen MR) is 88.2 cm³/mol. The zero-order valence-electron chi connectivity index (χ0n) is 13.8. The van der Waals surface area contributed by atoms with Crippen molar-refractivity contribution in [3.63, 3.8) is 0 Å². The number of benzene rings is 1. The van der Waals surface area contributed by atoms with Crippen molar-refractivity contribution in [2.45, 2.75) is 57.9 Å². The van der Waals surface area contributed by atoms with Crippen molar-refractivity contribution >= 4 is 15.9 Å². The Bertz CT molecular complexity index is 608. The highest BCUT2D eigenvalue weighted by atomic mass is 32.2. The van der Waals surface area contributed by atoms with Crippen molar-refractivity contribution in [2.75, 3.05) is 6.54 Å². The smallest absolute Gasteiger partial charge is 0.240 e. The Morgan fingerprint density at radius 2 is 1.82 bits per heavy atom. The lowest BCUT2D eigenvalue weighted by atomic mass is 10.1. The molecule has 0 saturated carbocycles. The van der Waals surface area contributed by atoms with Gasteiger partial charge in [0, 0.05) is 19.0 Å². The number of amides is 1. The molecule has 5 nitrogen and oxygen atoms in total. The zero-order chi connectivity index (χ0) is 16.8. The summed E-state index contributed by atoms with van der Waals surface area (Å²) in [6, 6.07) is 5.34. The summed E-state index contributed by atoms with van der Waals surface area (Å²) >= 11 is 0. The number of hydrogen-bond donors (Lipinski definition) is 2. The van der Waals surface area contributed by atoms with Crippen LogP contribution in [0.25, 0.3) is 0 Å². The Kier molecular flexibility index (Phi) is 7.03. The zero-order valence-corrected chi connectivity index (χ0v) is 14.6. The van der Waals surface area contributed by atoms with Crippen molar-refractivity contribution < 1.29 is 13.2 Å². The molecule has 0 aliphatic heterocycles. The Labute approximate surface area is 133 Å². The van der Waals surface area contributed by atoms with Gasteiger partial charge in [0.25, 0.3) is 0 Å². The molecule has 0 unspecified atom stereocenters. The van der Waals surface area contributed by atoms with Crippen molar-refractivity contribution in [3.8, 4) is 0 Å². The predicted octanol–water partition coefficient (Wildman–Crippen LogP) is 2.28. The van der Waals surface area contributed by atoms with Crippen LogP contribution < -0.4 is 10.0 Å². The minimum atomic E-state index is -3.57. The standard InChI is InChI=1S/C16H26N2O3S/c1-5-14(6-2)18-16(19)9-10-17-22(20,21)15-8-7-12(3)11-13(15)4/h7-8,11,14,17H,5-6,9-10H2,1-4H3,(H,18,19). The number of hydrogen-bond acceptors (Lipinski definition) is 3. The van der Waals surface area contributed by atoms with E-state index in [1.807, 2.05) is 26.8 Å². The number of rotatable bonds is 8. The number of carbonyl (C=O) groups excluding carboxylic acids is 1. The summed E-state index contributed by atoms with van der Waals surface area (Å²) in [6.45, 7) is 7.80. The van der Waals surface area contributed by atoms with Gasteiger partial charge in [-0.25, -0.2) is 13.1 Å². The molecular weight excluding hydrogens is 300 g/mol. The molecule has 6 heteroatoms. The van der Waals surface area contributed by atoms with E-state index >= 15 is 0 Å². The number of sulfonamides is 1. The van der Waals surface area contributed by atoms with E-state index in [4.69, 9.17) is 0 Å². The average molecular weight is 326 g/mol. The number of carbonyl (C=O) groups is 1. The van der Waals surface area contributed by atoms with Crippen LogP contribution in [0, 0.1) is 13.8 Å². The molecule has 0 saturated heterocycles. The van der Waals surface area contributed by atoms with Crippen molar-refractivity contribution in [1.82, 2.24) is 10.0 Å². The molecule has 1 aromatic carbocycles. The fraction of sp³-hybridized carbons (Fsp3) is 0.562. The Hall–Kier alpha value is -1.40. The summed E-state index contributed by atoms with van der Waals surface area (Å²) in [4.78, 5) is 12.0. The maximum atomic E-state index is 12.2. The van der Waals surface area contributed by atoms with Crippen LogP contribution in [0.5, 0.6) is 0 Å². The number of aryl methyl sites for hydroxylation is 2. The lowest BCUT2D eigenvalue weighted by molar-refractivity contribution is -0.121. The molecular formula is C16H26N2O3S. The fourth-order valence-electron chi connectivity index (χ4n) is 2.27. The second-order valence-corrected chi connectivity index (χ2v) is 7.23. The van der Waals surface area contributed by atoms with E-state index in [2.05, 4.69) is 10.0 Å². The molecule has 0 aliphatic rings. The van der Waals surface area contributed by atoms with Crippen molar-refractivity contribution in [3.05, 3.63) is 29.3 Å². The molecule has 0 heterocycles. The molecule has 124 valence electrons. The van der Waals surface area contributed by atoms with Crippen LogP contribution in [0.2, 0.25) is 0 Å². The van der Waals surface area contributed by atoms with E-state index in [1.54, 1.807) is 19.1 Å². The maximum absolute atomic E-state index is 12.2. The lowest BCUT2D eigenvalue weighted by Gasteiger charge is -2.15. The monoisotopic (exact) mass is 326 g/mol. The summed E-state index contributed by atoms with van der Waals surface area (Å²) in [7, 11) is -3.57. The van der Waals surface area contributed by atoms with Gasteiger partial charge in [-0.2, -0.15) is 0 Å². The van der Waals surface area contributed by atoms with E-state index in [1.165, 1.54) is 0 Å². The topological polar surface area (TPSA) is 75.3 Å². The van der Waals surface area contributed by atoms with Crippen molar-refractivity contribution in [1.29, 1.82) is 0 Å². The van der Waals surface area contributed by atoms with E-state index < -0.39 is 10.0 Å². The quantitative estimate of drug-likeness (QED) is 0.769. The molecule has 1 rings (SSSR count). The third kappa shape index (κ3) is 5.42. The van der Waals surface area contributed by atoms with Gasteiger partial charge in [0.2, 0.25) is 15.9 Å². The van der Waals surface area contributed by atoms with E-state index in [9.17, 15) is 13.2 Å². The summed E-state index contributed by atoms with van der Waals surface area (Å²) in [5.41, 5.74) is 1.72. The second kappa shape index (κ2) is 8.29. The van der Waals surface area contributed by atoms with Gasteiger partial charge in [0.05, 0.1) is 4.90 Å². The molecule has 22 heavy (non-hydrogen) atoms. The summed E-state index contributed by atoms with van der Waals surface area (Å²) in [5.74, 6) is -0.128. The first-order valence-corrected chi connectivity index (χ1v) is 9.14. The van der Waals surface area contributed by atoms with Crippen molar-refractivity contribution in [2.24, 2.45) is 0 Å². The third-order valence-corrected chi connectivity index (χ3v) is 5.24. The van der Waals surface area contributed by atoms with Crippen LogP contribution in [-0.2, 0) is 14.8 Å². The minimum absolute atomic E-state index is 0.0988. The second-order valence-electron chi connectivity index (χ2n) is 5.50. The normalized spacial score (nSPS) is 11.7. The molecule has 0 spiro atoms. The van der Waals surface area contributed by atoms with Crippen LogP contribution in [0.1, 0.15) is 44.2 Å². The van der Waals surface area contributed by atoms with Gasteiger partial charge in [-0.15, -0.1) is 0 Å². The first-order chi connectivity index (χ1) is 10.3. The van der Waals surface area contributed by atoms with E-state index in [0.717, 1.165) is 18.4 Å².